The zero-order valence-electron chi connectivity index (χ0n) is 14.2. The van der Waals surface area contributed by atoms with Gasteiger partial charge in [0.25, 0.3) is 0 Å². The summed E-state index contributed by atoms with van der Waals surface area (Å²) < 4.78 is 27.9. The number of piperazine rings is 1. The molecule has 1 fully saturated rings. The van der Waals surface area contributed by atoms with Crippen molar-refractivity contribution in [2.75, 3.05) is 19.6 Å². The summed E-state index contributed by atoms with van der Waals surface area (Å²) in [6, 6.07) is 13.0. The summed E-state index contributed by atoms with van der Waals surface area (Å²) in [6.07, 6.45) is 0. The van der Waals surface area contributed by atoms with Crippen LogP contribution in [0.3, 0.4) is 0 Å². The molecule has 0 amide bonds. The van der Waals surface area contributed by atoms with Crippen molar-refractivity contribution in [3.8, 4) is 0 Å². The highest BCUT2D eigenvalue weighted by Crippen LogP contribution is 2.32. The van der Waals surface area contributed by atoms with Gasteiger partial charge in [-0.25, -0.2) is 8.42 Å². The third-order valence-electron chi connectivity index (χ3n) is 4.31. The minimum atomic E-state index is -3.75. The first-order valence-electron chi connectivity index (χ1n) is 7.99. The van der Waals surface area contributed by atoms with Crippen LogP contribution in [-0.4, -0.2) is 38.1 Å². The number of Topliss-reactive ketones (excluding diaryl/α,β-unsaturated/α-hetero) is 1. The lowest BCUT2D eigenvalue weighted by Gasteiger charge is -2.35. The zero-order chi connectivity index (χ0) is 18.0. The Balaban J connectivity index is 0.00000243. The Morgan fingerprint density at radius 3 is 2.62 bits per heavy atom. The standard InChI is InChI=1S/C18H19ClN2O3S.ClH/c1-13(22)14-5-4-6-15(11-14)25(23,24)21-10-9-20-12-18(21)16-7-2-3-8-17(16)19;/h2-8,11,18,20H,9-10,12H2,1H3;1H. The molecule has 1 unspecified atom stereocenters. The highest BCUT2D eigenvalue weighted by atomic mass is 35.5. The summed E-state index contributed by atoms with van der Waals surface area (Å²) in [4.78, 5) is 11.7. The average Bonchev–Trinajstić information content (AvgIpc) is 2.62. The second-order valence-corrected chi connectivity index (χ2v) is 8.24. The quantitative estimate of drug-likeness (QED) is 0.779. The summed E-state index contributed by atoms with van der Waals surface area (Å²) in [5, 5.41) is 3.76. The van der Waals surface area contributed by atoms with Gasteiger partial charge in [0, 0.05) is 30.2 Å². The highest BCUT2D eigenvalue weighted by molar-refractivity contribution is 7.89. The molecule has 0 saturated carbocycles. The summed E-state index contributed by atoms with van der Waals surface area (Å²) >= 11 is 6.29. The molecule has 2 aromatic rings. The van der Waals surface area contributed by atoms with E-state index in [9.17, 15) is 13.2 Å². The molecule has 26 heavy (non-hydrogen) atoms. The Kier molecular flexibility index (Phi) is 6.82. The van der Waals surface area contributed by atoms with Crippen molar-refractivity contribution in [1.29, 1.82) is 0 Å². The van der Waals surface area contributed by atoms with E-state index < -0.39 is 16.1 Å². The minimum absolute atomic E-state index is 0. The third-order valence-corrected chi connectivity index (χ3v) is 6.55. The van der Waals surface area contributed by atoms with Crippen molar-refractivity contribution < 1.29 is 13.2 Å². The number of carbonyl (C=O) groups excluding carboxylic acids is 1. The predicted octanol–water partition coefficient (Wildman–Crippen LogP) is 3.30. The van der Waals surface area contributed by atoms with E-state index in [1.54, 1.807) is 18.2 Å². The van der Waals surface area contributed by atoms with Gasteiger partial charge in [-0.15, -0.1) is 12.4 Å². The molecule has 1 aliphatic rings. The van der Waals surface area contributed by atoms with Crippen LogP contribution in [0, 0.1) is 0 Å². The fourth-order valence-corrected chi connectivity index (χ4v) is 4.91. The van der Waals surface area contributed by atoms with Gasteiger partial charge < -0.3 is 5.32 Å². The molecule has 0 radical (unpaired) electrons. The number of nitrogens with zero attached hydrogens (tertiary/aromatic N) is 1. The first-order chi connectivity index (χ1) is 11.9. The Bertz CT molecular complexity index is 903. The first kappa shape index (κ1) is 20.9. The topological polar surface area (TPSA) is 66.5 Å². The van der Waals surface area contributed by atoms with E-state index >= 15 is 0 Å². The maximum absolute atomic E-state index is 13.2. The van der Waals surface area contributed by atoms with Gasteiger partial charge in [0.1, 0.15) is 0 Å². The highest BCUT2D eigenvalue weighted by Gasteiger charge is 2.35. The van der Waals surface area contributed by atoms with Gasteiger partial charge in [0.15, 0.2) is 5.78 Å². The largest absolute Gasteiger partial charge is 0.313 e. The fourth-order valence-electron chi connectivity index (χ4n) is 2.99. The van der Waals surface area contributed by atoms with Crippen molar-refractivity contribution in [3.05, 3.63) is 64.7 Å². The molecule has 0 spiro atoms. The summed E-state index contributed by atoms with van der Waals surface area (Å²) in [7, 11) is -3.75. The normalized spacial score (nSPS) is 18.2. The predicted molar refractivity (Wildman–Crippen MR) is 105 cm³/mol. The van der Waals surface area contributed by atoms with Crippen LogP contribution < -0.4 is 5.32 Å². The van der Waals surface area contributed by atoms with E-state index in [4.69, 9.17) is 11.6 Å². The molecule has 8 heteroatoms. The number of nitrogens with one attached hydrogen (secondary N) is 1. The Morgan fingerprint density at radius 2 is 1.92 bits per heavy atom. The SMILES string of the molecule is CC(=O)c1cccc(S(=O)(=O)N2CCNCC2c2ccccc2Cl)c1.Cl. The van der Waals surface area contributed by atoms with Crippen LogP contribution in [0.1, 0.15) is 28.9 Å². The van der Waals surface area contributed by atoms with Gasteiger partial charge in [0.2, 0.25) is 10.0 Å². The molecule has 1 aliphatic heterocycles. The van der Waals surface area contributed by atoms with Crippen LogP contribution in [0.2, 0.25) is 5.02 Å². The van der Waals surface area contributed by atoms with Gasteiger partial charge in [0.05, 0.1) is 10.9 Å². The molecule has 1 N–H and O–H groups in total. The van der Waals surface area contributed by atoms with Gasteiger partial charge in [-0.3, -0.25) is 4.79 Å². The van der Waals surface area contributed by atoms with E-state index in [2.05, 4.69) is 5.32 Å². The van der Waals surface area contributed by atoms with E-state index in [0.717, 1.165) is 5.56 Å². The zero-order valence-corrected chi connectivity index (χ0v) is 16.6. The molecule has 1 atom stereocenters. The van der Waals surface area contributed by atoms with Crippen molar-refractivity contribution in [2.45, 2.75) is 17.9 Å². The number of sulfonamides is 1. The molecule has 0 bridgehead atoms. The molecule has 0 aliphatic carbocycles. The van der Waals surface area contributed by atoms with Crippen LogP contribution in [0.5, 0.6) is 0 Å². The number of halogens is 2. The number of benzene rings is 2. The molecular formula is C18H20Cl2N2O3S. The first-order valence-corrected chi connectivity index (χ1v) is 9.81. The molecule has 2 aromatic carbocycles. The van der Waals surface area contributed by atoms with E-state index in [0.29, 0.717) is 30.2 Å². The number of ketones is 1. The van der Waals surface area contributed by atoms with Crippen molar-refractivity contribution >= 4 is 39.8 Å². The smallest absolute Gasteiger partial charge is 0.243 e. The second kappa shape index (κ2) is 8.50. The maximum atomic E-state index is 13.2. The third kappa shape index (κ3) is 4.10. The van der Waals surface area contributed by atoms with Gasteiger partial charge in [-0.2, -0.15) is 4.31 Å². The Hall–Kier alpha value is -1.44. The second-order valence-electron chi connectivity index (χ2n) is 5.94. The van der Waals surface area contributed by atoms with E-state index in [-0.39, 0.29) is 23.1 Å². The summed E-state index contributed by atoms with van der Waals surface area (Å²) in [5.41, 5.74) is 1.15. The number of hydrogen-bond donors (Lipinski definition) is 1. The number of hydrogen-bond acceptors (Lipinski definition) is 4. The van der Waals surface area contributed by atoms with Gasteiger partial charge in [-0.05, 0) is 30.7 Å². The van der Waals surface area contributed by atoms with Crippen LogP contribution in [0.4, 0.5) is 0 Å². The van der Waals surface area contributed by atoms with E-state index in [1.165, 1.54) is 23.4 Å². The number of rotatable bonds is 4. The van der Waals surface area contributed by atoms with Crippen molar-refractivity contribution in [1.82, 2.24) is 9.62 Å². The van der Waals surface area contributed by atoms with Crippen LogP contribution in [-0.2, 0) is 10.0 Å². The maximum Gasteiger partial charge on any atom is 0.243 e. The summed E-state index contributed by atoms with van der Waals surface area (Å²) in [6.45, 7) is 2.80. The Morgan fingerprint density at radius 1 is 1.19 bits per heavy atom. The molecule has 3 rings (SSSR count). The van der Waals surface area contributed by atoms with E-state index in [1.807, 2.05) is 18.2 Å². The molecule has 1 heterocycles. The molecule has 0 aromatic heterocycles. The average molecular weight is 415 g/mol. The molecule has 1 saturated heterocycles. The lowest BCUT2D eigenvalue weighted by molar-refractivity contribution is 0.101. The van der Waals surface area contributed by atoms with Gasteiger partial charge in [-0.1, -0.05) is 41.9 Å². The van der Waals surface area contributed by atoms with Crippen molar-refractivity contribution in [2.24, 2.45) is 0 Å². The minimum Gasteiger partial charge on any atom is -0.313 e. The lowest BCUT2D eigenvalue weighted by Crippen LogP contribution is -2.48. The monoisotopic (exact) mass is 414 g/mol. The Labute approximate surface area is 164 Å². The summed E-state index contributed by atoms with van der Waals surface area (Å²) in [5.74, 6) is -0.167. The van der Waals surface area contributed by atoms with Gasteiger partial charge >= 0.3 is 0 Å². The van der Waals surface area contributed by atoms with Crippen LogP contribution >= 0.6 is 24.0 Å². The lowest BCUT2D eigenvalue weighted by atomic mass is 10.1. The fraction of sp³-hybridized carbons (Fsp3) is 0.278. The van der Waals surface area contributed by atoms with Crippen LogP contribution in [0.25, 0.3) is 0 Å². The van der Waals surface area contributed by atoms with Crippen LogP contribution in [0.15, 0.2) is 53.4 Å². The molecular weight excluding hydrogens is 395 g/mol. The number of carbonyl (C=O) groups is 1. The van der Waals surface area contributed by atoms with Crippen molar-refractivity contribution in [3.63, 3.8) is 0 Å². The molecule has 140 valence electrons. The molecule has 5 nitrogen and oxygen atoms in total.